The van der Waals surface area contributed by atoms with Crippen molar-refractivity contribution < 1.29 is 4.79 Å². The van der Waals surface area contributed by atoms with Crippen molar-refractivity contribution in [2.45, 2.75) is 26.3 Å². The number of benzene rings is 1. The molecule has 0 aliphatic rings. The molecule has 1 amide bonds. The fourth-order valence-corrected chi connectivity index (χ4v) is 2.34. The van der Waals surface area contributed by atoms with Crippen LogP contribution in [0.25, 0.3) is 10.9 Å². The van der Waals surface area contributed by atoms with Gasteiger partial charge in [-0.2, -0.15) is 5.10 Å². The predicted molar refractivity (Wildman–Crippen MR) is 85.3 cm³/mol. The van der Waals surface area contributed by atoms with Crippen LogP contribution in [0.2, 0.25) is 0 Å². The second-order valence-electron chi connectivity index (χ2n) is 5.63. The van der Waals surface area contributed by atoms with Gasteiger partial charge in [0, 0.05) is 18.4 Å². The molecule has 0 spiro atoms. The summed E-state index contributed by atoms with van der Waals surface area (Å²) >= 11 is 0. The number of amides is 1. The summed E-state index contributed by atoms with van der Waals surface area (Å²) in [5.41, 5.74) is 2.31. The Labute approximate surface area is 125 Å². The van der Waals surface area contributed by atoms with Crippen molar-refractivity contribution >= 4 is 16.8 Å². The molecule has 0 saturated heterocycles. The first kappa shape index (κ1) is 15.5. The lowest BCUT2D eigenvalue weighted by Gasteiger charge is -2.10. The van der Waals surface area contributed by atoms with E-state index >= 15 is 0 Å². The highest BCUT2D eigenvalue weighted by atomic mass is 16.1. The van der Waals surface area contributed by atoms with E-state index in [1.54, 1.807) is 0 Å². The highest BCUT2D eigenvalue weighted by Crippen LogP contribution is 2.17. The molecule has 1 aromatic carbocycles. The van der Waals surface area contributed by atoms with Crippen molar-refractivity contribution in [3.8, 4) is 0 Å². The van der Waals surface area contributed by atoms with Crippen LogP contribution in [-0.4, -0.2) is 47.8 Å². The van der Waals surface area contributed by atoms with Gasteiger partial charge in [-0.1, -0.05) is 12.1 Å². The molecule has 5 nitrogen and oxygen atoms in total. The van der Waals surface area contributed by atoms with E-state index < -0.39 is 0 Å². The highest BCUT2D eigenvalue weighted by Gasteiger charge is 2.06. The van der Waals surface area contributed by atoms with Crippen LogP contribution in [0.1, 0.15) is 18.4 Å². The SMILES string of the molecule is Cc1cccc2c1cnn2CCC(=O)NCCCN(C)C. The van der Waals surface area contributed by atoms with Crippen LogP contribution < -0.4 is 5.32 Å². The van der Waals surface area contributed by atoms with E-state index in [4.69, 9.17) is 0 Å². The van der Waals surface area contributed by atoms with E-state index in [1.165, 1.54) is 5.56 Å². The lowest BCUT2D eigenvalue weighted by atomic mass is 10.1. The van der Waals surface area contributed by atoms with Gasteiger partial charge in [0.25, 0.3) is 0 Å². The molecule has 0 atom stereocenters. The van der Waals surface area contributed by atoms with Gasteiger partial charge >= 0.3 is 0 Å². The van der Waals surface area contributed by atoms with E-state index in [0.717, 1.165) is 30.4 Å². The second-order valence-corrected chi connectivity index (χ2v) is 5.63. The summed E-state index contributed by atoms with van der Waals surface area (Å²) in [5, 5.41) is 8.49. The van der Waals surface area contributed by atoms with Crippen LogP contribution in [0.5, 0.6) is 0 Å². The molecule has 0 aliphatic heterocycles. The molecule has 21 heavy (non-hydrogen) atoms. The van der Waals surface area contributed by atoms with Crippen molar-refractivity contribution in [3.05, 3.63) is 30.0 Å². The molecule has 0 fully saturated rings. The largest absolute Gasteiger partial charge is 0.356 e. The van der Waals surface area contributed by atoms with Gasteiger partial charge in [-0.25, -0.2) is 0 Å². The van der Waals surface area contributed by atoms with Crippen LogP contribution in [0, 0.1) is 6.92 Å². The summed E-state index contributed by atoms with van der Waals surface area (Å²) in [7, 11) is 4.07. The first-order chi connectivity index (χ1) is 10.1. The number of aromatic nitrogens is 2. The highest BCUT2D eigenvalue weighted by molar-refractivity contribution is 5.82. The van der Waals surface area contributed by atoms with Gasteiger partial charge in [-0.05, 0) is 45.6 Å². The minimum atomic E-state index is 0.0880. The van der Waals surface area contributed by atoms with Crippen LogP contribution in [0.3, 0.4) is 0 Å². The number of fused-ring (bicyclic) bond motifs is 1. The van der Waals surface area contributed by atoms with Crippen molar-refractivity contribution in [1.82, 2.24) is 20.0 Å². The van der Waals surface area contributed by atoms with Gasteiger partial charge in [-0.3, -0.25) is 9.48 Å². The molecule has 0 aliphatic carbocycles. The van der Waals surface area contributed by atoms with Crippen LogP contribution in [-0.2, 0) is 11.3 Å². The fourth-order valence-electron chi connectivity index (χ4n) is 2.34. The maximum atomic E-state index is 11.8. The minimum absolute atomic E-state index is 0.0880. The standard InChI is InChI=1S/C16H24N4O/c1-13-6-4-7-15-14(13)12-18-20(15)11-8-16(21)17-9-5-10-19(2)3/h4,6-7,12H,5,8-11H2,1-3H3,(H,17,21). The molecule has 0 unspecified atom stereocenters. The monoisotopic (exact) mass is 288 g/mol. The van der Waals surface area contributed by atoms with Crippen LogP contribution in [0.4, 0.5) is 0 Å². The number of hydrogen-bond donors (Lipinski definition) is 1. The number of nitrogens with one attached hydrogen (secondary N) is 1. The summed E-state index contributed by atoms with van der Waals surface area (Å²) in [5.74, 6) is 0.0880. The summed E-state index contributed by atoms with van der Waals surface area (Å²) in [6, 6.07) is 6.15. The van der Waals surface area contributed by atoms with E-state index in [2.05, 4.69) is 28.3 Å². The summed E-state index contributed by atoms with van der Waals surface area (Å²) in [6.07, 6.45) is 3.31. The van der Waals surface area contributed by atoms with Crippen molar-refractivity contribution in [2.24, 2.45) is 0 Å². The van der Waals surface area contributed by atoms with Gasteiger partial charge in [0.1, 0.15) is 0 Å². The quantitative estimate of drug-likeness (QED) is 0.790. The third-order valence-electron chi connectivity index (χ3n) is 3.56. The number of nitrogens with zero attached hydrogens (tertiary/aromatic N) is 3. The van der Waals surface area contributed by atoms with Gasteiger partial charge < -0.3 is 10.2 Å². The Morgan fingerprint density at radius 3 is 2.95 bits per heavy atom. The van der Waals surface area contributed by atoms with E-state index in [0.29, 0.717) is 13.0 Å². The van der Waals surface area contributed by atoms with Crippen molar-refractivity contribution in [2.75, 3.05) is 27.2 Å². The average Bonchev–Trinajstić information content (AvgIpc) is 2.86. The molecule has 114 valence electrons. The zero-order valence-electron chi connectivity index (χ0n) is 13.1. The smallest absolute Gasteiger partial charge is 0.221 e. The zero-order valence-corrected chi connectivity index (χ0v) is 13.1. The topological polar surface area (TPSA) is 50.2 Å². The third kappa shape index (κ3) is 4.29. The first-order valence-electron chi connectivity index (χ1n) is 7.40. The Morgan fingerprint density at radius 1 is 1.38 bits per heavy atom. The van der Waals surface area contributed by atoms with Gasteiger partial charge in [0.2, 0.25) is 5.91 Å². The summed E-state index contributed by atoms with van der Waals surface area (Å²) in [6.45, 7) is 4.41. The number of hydrogen-bond acceptors (Lipinski definition) is 3. The lowest BCUT2D eigenvalue weighted by molar-refractivity contribution is -0.121. The van der Waals surface area contributed by atoms with Gasteiger partial charge in [0.15, 0.2) is 0 Å². The lowest BCUT2D eigenvalue weighted by Crippen LogP contribution is -2.27. The molecular formula is C16H24N4O. The maximum absolute atomic E-state index is 11.8. The minimum Gasteiger partial charge on any atom is -0.356 e. The molecule has 0 bridgehead atoms. The van der Waals surface area contributed by atoms with E-state index in [1.807, 2.05) is 37.1 Å². The number of aryl methyl sites for hydroxylation is 2. The molecule has 0 saturated carbocycles. The Morgan fingerprint density at radius 2 is 2.19 bits per heavy atom. The Hall–Kier alpha value is -1.88. The van der Waals surface area contributed by atoms with Crippen molar-refractivity contribution in [1.29, 1.82) is 0 Å². The first-order valence-corrected chi connectivity index (χ1v) is 7.40. The predicted octanol–water partition coefficient (Wildman–Crippen LogP) is 1.80. The zero-order chi connectivity index (χ0) is 15.2. The van der Waals surface area contributed by atoms with Crippen LogP contribution in [0.15, 0.2) is 24.4 Å². The Bertz CT molecular complexity index is 603. The molecule has 1 N–H and O–H groups in total. The van der Waals surface area contributed by atoms with Crippen LogP contribution >= 0.6 is 0 Å². The summed E-state index contributed by atoms with van der Waals surface area (Å²) in [4.78, 5) is 13.9. The van der Waals surface area contributed by atoms with E-state index in [-0.39, 0.29) is 5.91 Å². The molecule has 2 rings (SSSR count). The molecule has 0 radical (unpaired) electrons. The van der Waals surface area contributed by atoms with Gasteiger partial charge in [0.05, 0.1) is 18.3 Å². The number of rotatable bonds is 7. The third-order valence-corrected chi connectivity index (χ3v) is 3.56. The molecule has 1 heterocycles. The number of carbonyl (C=O) groups excluding carboxylic acids is 1. The Balaban J connectivity index is 1.82. The molecular weight excluding hydrogens is 264 g/mol. The fraction of sp³-hybridized carbons (Fsp3) is 0.500. The molecule has 1 aromatic heterocycles. The summed E-state index contributed by atoms with van der Waals surface area (Å²) < 4.78 is 1.90. The number of carbonyl (C=O) groups is 1. The Kier molecular flexibility index (Phi) is 5.33. The van der Waals surface area contributed by atoms with Crippen molar-refractivity contribution in [3.63, 3.8) is 0 Å². The normalized spacial score (nSPS) is 11.2. The average molecular weight is 288 g/mol. The van der Waals surface area contributed by atoms with Gasteiger partial charge in [-0.15, -0.1) is 0 Å². The maximum Gasteiger partial charge on any atom is 0.221 e. The molecule has 2 aromatic rings. The van der Waals surface area contributed by atoms with E-state index in [9.17, 15) is 4.79 Å². The second kappa shape index (κ2) is 7.22. The molecule has 5 heteroatoms.